The van der Waals surface area contributed by atoms with Crippen LogP contribution >= 0.6 is 0 Å². The van der Waals surface area contributed by atoms with Gasteiger partial charge in [0.25, 0.3) is 11.5 Å². The summed E-state index contributed by atoms with van der Waals surface area (Å²) in [7, 11) is -1.50. The molecule has 0 fully saturated rings. The first-order chi connectivity index (χ1) is 24.8. The minimum atomic E-state index is -1.90. The highest BCUT2D eigenvalue weighted by Gasteiger charge is 2.45. The van der Waals surface area contributed by atoms with Crippen LogP contribution in [0.5, 0.6) is 5.75 Å². The lowest BCUT2D eigenvalue weighted by atomic mass is 9.86. The summed E-state index contributed by atoms with van der Waals surface area (Å²) in [5.41, 5.74) is 5.24. The van der Waals surface area contributed by atoms with Crippen LogP contribution in [0.25, 0.3) is 28.4 Å². The maximum absolute atomic E-state index is 13.6. The number of aliphatic hydroxyl groups is 1. The quantitative estimate of drug-likeness (QED) is 0.0310. The number of rotatable bonds is 12. The predicted octanol–water partition coefficient (Wildman–Crippen LogP) is 4.36. The van der Waals surface area contributed by atoms with Gasteiger partial charge in [-0.15, -0.1) is 0 Å². The number of aromatic nitrogens is 2. The number of aryl methyl sites for hydroxylation is 1. The molecule has 6 rings (SSSR count). The van der Waals surface area contributed by atoms with E-state index in [1.807, 2.05) is 30.3 Å². The van der Waals surface area contributed by atoms with Gasteiger partial charge in [0.2, 0.25) is 0 Å². The molecule has 4 aromatic rings. The number of nitrogens with zero attached hydrogens (tertiary/aromatic N) is 2. The van der Waals surface area contributed by atoms with Crippen LogP contribution in [0.2, 0.25) is 25.7 Å². The zero-order valence-electron chi connectivity index (χ0n) is 29.7. The molecule has 0 bridgehead atoms. The lowest BCUT2D eigenvalue weighted by Crippen LogP contribution is -2.44. The van der Waals surface area contributed by atoms with Crippen LogP contribution in [0, 0.1) is 0 Å². The summed E-state index contributed by atoms with van der Waals surface area (Å²) in [6.07, 6.45) is 3.01. The second kappa shape index (κ2) is 14.8. The second-order valence-corrected chi connectivity index (χ2v) is 19.9. The first-order valence-electron chi connectivity index (χ1n) is 17.3. The summed E-state index contributed by atoms with van der Waals surface area (Å²) in [6, 6.07) is 15.8. The zero-order chi connectivity index (χ0) is 37.2. The number of amides is 2. The van der Waals surface area contributed by atoms with Crippen LogP contribution in [0.3, 0.4) is 0 Å². The number of carbonyl (C=O) groups is 3. The maximum Gasteiger partial charge on any atom is 0.412 e. The molecule has 0 aliphatic carbocycles. The fourth-order valence-electron chi connectivity index (χ4n) is 6.52. The van der Waals surface area contributed by atoms with E-state index < -0.39 is 31.6 Å². The molecular formula is C38H43N5O8Si. The molecule has 0 unspecified atom stereocenters. The topological polar surface area (TPSA) is 181 Å². The largest absolute Gasteiger partial charge is 0.458 e. The molecule has 14 heteroatoms. The summed E-state index contributed by atoms with van der Waals surface area (Å²) in [5, 5.41) is 26.7. The molecule has 272 valence electrons. The number of pyridine rings is 2. The average Bonchev–Trinajstić information content (AvgIpc) is 3.48. The molecule has 0 radical (unpaired) electrons. The molecule has 1 atom stereocenters. The van der Waals surface area contributed by atoms with Crippen LogP contribution in [0.15, 0.2) is 59.4 Å². The standard InChI is InChI=1S/C38H43N5O8Si/c1-5-38(48)29-19-31-34-25(21-43(31)35(45)28(29)22-50-36(38)46)18-27-26(14-17-52(2,3)4)32(12-11-30(27)41-34)51-37(47)40-16-15-39-20-24-8-6-23(7-9-24)10-13-33(44)42-49/h6-13,18-19,39,48-49H,5,14-17,20-22H2,1-4H3,(H,40,47)(H,42,44)/b13-10+/t38-/m0/s1. The van der Waals surface area contributed by atoms with E-state index in [1.54, 1.807) is 41.2 Å². The molecule has 4 heterocycles. The van der Waals surface area contributed by atoms with Crippen molar-refractivity contribution < 1.29 is 34.2 Å². The van der Waals surface area contributed by atoms with Crippen molar-refractivity contribution in [1.29, 1.82) is 0 Å². The SMILES string of the molecule is CC[C@@]1(O)C(=O)OCc2c1cc1n(c2=O)Cc2cc3c(CC[Si](C)(C)C)c(OC(=O)NCCNCc4ccc(/C=C/C(=O)NO)cc4)ccc3nc2-1. The fourth-order valence-corrected chi connectivity index (χ4v) is 7.52. The number of esters is 1. The van der Waals surface area contributed by atoms with Crippen molar-refractivity contribution in [3.63, 3.8) is 0 Å². The Kier molecular flexibility index (Phi) is 10.4. The Balaban J connectivity index is 1.17. The second-order valence-electron chi connectivity index (χ2n) is 14.3. The first-order valence-corrected chi connectivity index (χ1v) is 21.0. The Labute approximate surface area is 301 Å². The van der Waals surface area contributed by atoms with Gasteiger partial charge in [-0.1, -0.05) is 56.9 Å². The van der Waals surface area contributed by atoms with Crippen LogP contribution in [0.1, 0.15) is 46.7 Å². The molecule has 2 aromatic carbocycles. The van der Waals surface area contributed by atoms with E-state index in [0.717, 1.165) is 33.7 Å². The van der Waals surface area contributed by atoms with Crippen molar-refractivity contribution in [2.45, 2.75) is 70.7 Å². The molecular weight excluding hydrogens is 683 g/mol. The average molecular weight is 726 g/mol. The smallest absolute Gasteiger partial charge is 0.412 e. The summed E-state index contributed by atoms with van der Waals surface area (Å²) in [6.45, 7) is 10.0. The van der Waals surface area contributed by atoms with E-state index in [-0.39, 0.29) is 36.3 Å². The number of ether oxygens (including phenoxy) is 2. The van der Waals surface area contributed by atoms with Gasteiger partial charge in [-0.25, -0.2) is 20.1 Å². The van der Waals surface area contributed by atoms with Crippen molar-refractivity contribution in [3.8, 4) is 17.1 Å². The van der Waals surface area contributed by atoms with Gasteiger partial charge in [-0.05, 0) is 54.3 Å². The Hall–Kier alpha value is -5.15. The Morgan fingerprint density at radius 3 is 2.58 bits per heavy atom. The minimum absolute atomic E-state index is 0.0669. The molecule has 52 heavy (non-hydrogen) atoms. The molecule has 13 nitrogen and oxygen atoms in total. The first kappa shape index (κ1) is 36.6. The van der Waals surface area contributed by atoms with E-state index in [4.69, 9.17) is 19.7 Å². The number of fused-ring (bicyclic) bond motifs is 5. The number of hydrogen-bond donors (Lipinski definition) is 5. The highest BCUT2D eigenvalue weighted by Crippen LogP contribution is 2.40. The molecule has 0 saturated carbocycles. The number of carbonyl (C=O) groups excluding carboxylic acids is 3. The van der Waals surface area contributed by atoms with E-state index >= 15 is 0 Å². The molecule has 2 amide bonds. The van der Waals surface area contributed by atoms with Gasteiger partial charge in [0, 0.05) is 55.9 Å². The van der Waals surface area contributed by atoms with Crippen molar-refractivity contribution >= 4 is 43.0 Å². The minimum Gasteiger partial charge on any atom is -0.458 e. The lowest BCUT2D eigenvalue weighted by Gasteiger charge is -2.31. The van der Waals surface area contributed by atoms with E-state index in [9.17, 15) is 24.3 Å². The van der Waals surface area contributed by atoms with Crippen molar-refractivity contribution in [2.24, 2.45) is 0 Å². The third-order valence-electron chi connectivity index (χ3n) is 9.50. The normalized spacial score (nSPS) is 16.3. The van der Waals surface area contributed by atoms with Crippen LogP contribution in [0.4, 0.5) is 4.79 Å². The Morgan fingerprint density at radius 1 is 1.10 bits per heavy atom. The van der Waals surface area contributed by atoms with Gasteiger partial charge in [-0.3, -0.25) is 14.8 Å². The fraction of sp³-hybridized carbons (Fsp3) is 0.342. The maximum atomic E-state index is 13.6. The van der Waals surface area contributed by atoms with Gasteiger partial charge in [0.15, 0.2) is 5.60 Å². The monoisotopic (exact) mass is 725 g/mol. The third-order valence-corrected chi connectivity index (χ3v) is 11.3. The summed E-state index contributed by atoms with van der Waals surface area (Å²) >= 11 is 0. The number of nitrogens with one attached hydrogen (secondary N) is 3. The summed E-state index contributed by atoms with van der Waals surface area (Å²) in [5.74, 6) is -0.911. The van der Waals surface area contributed by atoms with Crippen molar-refractivity contribution in [2.75, 3.05) is 13.1 Å². The van der Waals surface area contributed by atoms with Crippen LogP contribution < -0.4 is 26.4 Å². The zero-order valence-corrected chi connectivity index (χ0v) is 30.7. The Morgan fingerprint density at radius 2 is 1.87 bits per heavy atom. The number of hydroxylamine groups is 1. The van der Waals surface area contributed by atoms with Crippen molar-refractivity contribution in [1.82, 2.24) is 25.7 Å². The van der Waals surface area contributed by atoms with E-state index in [0.29, 0.717) is 48.7 Å². The number of benzene rings is 2. The van der Waals surface area contributed by atoms with E-state index in [2.05, 4.69) is 30.3 Å². The number of cyclic esters (lactones) is 1. The third kappa shape index (κ3) is 7.55. The molecule has 5 N–H and O–H groups in total. The summed E-state index contributed by atoms with van der Waals surface area (Å²) < 4.78 is 12.7. The lowest BCUT2D eigenvalue weighted by molar-refractivity contribution is -0.172. The highest BCUT2D eigenvalue weighted by molar-refractivity contribution is 6.76. The highest BCUT2D eigenvalue weighted by atomic mass is 28.3. The van der Waals surface area contributed by atoms with Gasteiger partial charge >= 0.3 is 12.1 Å². The van der Waals surface area contributed by atoms with Gasteiger partial charge in [-0.2, -0.15) is 0 Å². The molecule has 2 aliphatic rings. The van der Waals surface area contributed by atoms with Gasteiger partial charge in [0.05, 0.1) is 29.0 Å². The van der Waals surface area contributed by atoms with Crippen LogP contribution in [-0.2, 0) is 46.0 Å². The van der Waals surface area contributed by atoms with E-state index in [1.165, 1.54) is 6.08 Å². The molecule has 0 saturated heterocycles. The Bertz CT molecular complexity index is 2140. The molecule has 2 aliphatic heterocycles. The van der Waals surface area contributed by atoms with Crippen molar-refractivity contribution in [3.05, 3.63) is 98.3 Å². The van der Waals surface area contributed by atoms with Gasteiger partial charge in [0.1, 0.15) is 12.4 Å². The predicted molar refractivity (Wildman–Crippen MR) is 198 cm³/mol. The molecule has 2 aromatic heterocycles. The van der Waals surface area contributed by atoms with Gasteiger partial charge < -0.3 is 29.8 Å². The molecule has 0 spiro atoms. The van der Waals surface area contributed by atoms with Crippen LogP contribution in [-0.4, -0.2) is 59.0 Å². The summed E-state index contributed by atoms with van der Waals surface area (Å²) in [4.78, 5) is 55.3. The number of hydrogen-bond acceptors (Lipinski definition) is 10.